The number of rotatable bonds is 2. The summed E-state index contributed by atoms with van der Waals surface area (Å²) in [5, 5.41) is 4.80. The van der Waals surface area contributed by atoms with Crippen molar-refractivity contribution in [1.29, 1.82) is 0 Å². The lowest BCUT2D eigenvalue weighted by molar-refractivity contribution is 0.569. The molecule has 0 aromatic carbocycles. The number of hydrogen-bond acceptors (Lipinski definition) is 3. The topological polar surface area (TPSA) is 29.9 Å². The largest absolute Gasteiger partial charge is 0.329 e. The minimum atomic E-state index is 0.455. The highest BCUT2D eigenvalue weighted by molar-refractivity contribution is 8.00. The van der Waals surface area contributed by atoms with Gasteiger partial charge in [-0.2, -0.15) is 0 Å². The molecule has 2 fully saturated rings. The summed E-state index contributed by atoms with van der Waals surface area (Å²) >= 11 is 2.03. The first-order chi connectivity index (χ1) is 7.34. The van der Waals surface area contributed by atoms with Gasteiger partial charge in [0.1, 0.15) is 0 Å². The molecule has 2 heterocycles. The molecule has 1 aliphatic carbocycles. The lowest BCUT2D eigenvalue weighted by atomic mass is 10.3. The number of nitrogens with zero attached hydrogens (tertiary/aromatic N) is 2. The van der Waals surface area contributed by atoms with Gasteiger partial charge in [-0.1, -0.05) is 6.92 Å². The quantitative estimate of drug-likeness (QED) is 0.834. The van der Waals surface area contributed by atoms with Crippen molar-refractivity contribution in [2.45, 2.75) is 42.9 Å². The number of nitrogens with one attached hydrogen (secondary N) is 1. The molecule has 0 radical (unpaired) electrons. The van der Waals surface area contributed by atoms with E-state index in [1.165, 1.54) is 25.0 Å². The van der Waals surface area contributed by atoms with Gasteiger partial charge in [-0.25, -0.2) is 4.98 Å². The first-order valence-corrected chi connectivity index (χ1v) is 6.69. The second kappa shape index (κ2) is 3.83. The fourth-order valence-electron chi connectivity index (χ4n) is 2.12. The molecule has 2 aliphatic rings. The van der Waals surface area contributed by atoms with E-state index < -0.39 is 0 Å². The van der Waals surface area contributed by atoms with Crippen LogP contribution in [0.3, 0.4) is 0 Å². The average Bonchev–Trinajstić information content (AvgIpc) is 2.96. The lowest BCUT2D eigenvalue weighted by Crippen LogP contribution is -2.30. The SMILES string of the molecule is CC1CCNC(c2cncn2C2CC2)S1. The van der Waals surface area contributed by atoms with Crippen LogP contribution in [0.15, 0.2) is 12.5 Å². The highest BCUT2D eigenvalue weighted by atomic mass is 32.2. The summed E-state index contributed by atoms with van der Waals surface area (Å²) in [7, 11) is 0. The molecule has 1 N–H and O–H groups in total. The molecule has 4 heteroatoms. The first-order valence-electron chi connectivity index (χ1n) is 5.75. The Labute approximate surface area is 94.7 Å². The van der Waals surface area contributed by atoms with Gasteiger partial charge in [0, 0.05) is 11.3 Å². The number of imidazole rings is 1. The molecule has 0 spiro atoms. The maximum absolute atomic E-state index is 4.29. The Morgan fingerprint density at radius 2 is 2.33 bits per heavy atom. The Morgan fingerprint density at radius 1 is 1.47 bits per heavy atom. The van der Waals surface area contributed by atoms with Gasteiger partial charge in [0.05, 0.1) is 23.6 Å². The number of aromatic nitrogens is 2. The van der Waals surface area contributed by atoms with Gasteiger partial charge in [0.25, 0.3) is 0 Å². The molecule has 1 saturated heterocycles. The predicted molar refractivity (Wildman–Crippen MR) is 62.9 cm³/mol. The van der Waals surface area contributed by atoms with E-state index in [4.69, 9.17) is 0 Å². The van der Waals surface area contributed by atoms with E-state index in [1.54, 1.807) is 0 Å². The molecule has 1 aliphatic heterocycles. The van der Waals surface area contributed by atoms with Crippen LogP contribution in [0.4, 0.5) is 0 Å². The normalized spacial score (nSPS) is 31.8. The van der Waals surface area contributed by atoms with Gasteiger partial charge in [-0.15, -0.1) is 11.8 Å². The number of hydrogen-bond donors (Lipinski definition) is 1. The third-order valence-corrected chi connectivity index (χ3v) is 4.53. The smallest absolute Gasteiger partial charge is 0.0960 e. The molecule has 3 nitrogen and oxygen atoms in total. The van der Waals surface area contributed by atoms with Gasteiger partial charge < -0.3 is 9.88 Å². The Bertz CT molecular complexity index is 345. The second-order valence-electron chi connectivity index (χ2n) is 4.53. The summed E-state index contributed by atoms with van der Waals surface area (Å²) < 4.78 is 2.36. The van der Waals surface area contributed by atoms with Crippen molar-refractivity contribution in [3.05, 3.63) is 18.2 Å². The maximum Gasteiger partial charge on any atom is 0.0960 e. The van der Waals surface area contributed by atoms with E-state index in [0.717, 1.165) is 17.8 Å². The zero-order valence-corrected chi connectivity index (χ0v) is 9.83. The van der Waals surface area contributed by atoms with Crippen molar-refractivity contribution in [3.8, 4) is 0 Å². The molecule has 82 valence electrons. The third-order valence-electron chi connectivity index (χ3n) is 3.15. The van der Waals surface area contributed by atoms with Crippen LogP contribution in [-0.2, 0) is 0 Å². The van der Waals surface area contributed by atoms with Gasteiger partial charge in [-0.3, -0.25) is 0 Å². The Kier molecular flexibility index (Phi) is 2.48. The van der Waals surface area contributed by atoms with Crippen LogP contribution in [0.1, 0.15) is 43.3 Å². The molecule has 2 atom stereocenters. The van der Waals surface area contributed by atoms with Crippen LogP contribution >= 0.6 is 11.8 Å². The van der Waals surface area contributed by atoms with Gasteiger partial charge in [-0.05, 0) is 25.8 Å². The molecular formula is C11H17N3S. The average molecular weight is 223 g/mol. The summed E-state index contributed by atoms with van der Waals surface area (Å²) in [4.78, 5) is 4.29. The third kappa shape index (κ3) is 1.93. The summed E-state index contributed by atoms with van der Waals surface area (Å²) in [6.45, 7) is 3.45. The van der Waals surface area contributed by atoms with E-state index in [9.17, 15) is 0 Å². The fraction of sp³-hybridized carbons (Fsp3) is 0.727. The van der Waals surface area contributed by atoms with Crippen molar-refractivity contribution in [1.82, 2.24) is 14.9 Å². The molecule has 2 unspecified atom stereocenters. The Balaban J connectivity index is 1.81. The Morgan fingerprint density at radius 3 is 3.07 bits per heavy atom. The Hall–Kier alpha value is -0.480. The van der Waals surface area contributed by atoms with E-state index in [-0.39, 0.29) is 0 Å². The molecule has 1 saturated carbocycles. The molecule has 3 rings (SSSR count). The maximum atomic E-state index is 4.29. The fourth-order valence-corrected chi connectivity index (χ4v) is 3.37. The second-order valence-corrected chi connectivity index (χ2v) is 6.07. The zero-order valence-electron chi connectivity index (χ0n) is 9.02. The summed E-state index contributed by atoms with van der Waals surface area (Å²) in [6.07, 6.45) is 7.96. The van der Waals surface area contributed by atoms with Crippen molar-refractivity contribution in [2.24, 2.45) is 0 Å². The summed E-state index contributed by atoms with van der Waals surface area (Å²) in [6, 6.07) is 0.738. The van der Waals surface area contributed by atoms with E-state index in [0.29, 0.717) is 5.37 Å². The molecular weight excluding hydrogens is 206 g/mol. The minimum absolute atomic E-state index is 0.455. The van der Waals surface area contributed by atoms with Crippen LogP contribution in [-0.4, -0.2) is 21.3 Å². The number of thioether (sulfide) groups is 1. The molecule has 0 amide bonds. The van der Waals surface area contributed by atoms with Crippen molar-refractivity contribution >= 4 is 11.8 Å². The zero-order chi connectivity index (χ0) is 10.3. The molecule has 15 heavy (non-hydrogen) atoms. The monoisotopic (exact) mass is 223 g/mol. The summed E-state index contributed by atoms with van der Waals surface area (Å²) in [5.41, 5.74) is 1.37. The van der Waals surface area contributed by atoms with Crippen LogP contribution in [0.5, 0.6) is 0 Å². The van der Waals surface area contributed by atoms with Gasteiger partial charge in [0.15, 0.2) is 0 Å². The molecule has 0 bridgehead atoms. The van der Waals surface area contributed by atoms with Crippen LogP contribution in [0.25, 0.3) is 0 Å². The summed E-state index contributed by atoms with van der Waals surface area (Å²) in [5.74, 6) is 0. The minimum Gasteiger partial charge on any atom is -0.329 e. The highest BCUT2D eigenvalue weighted by Crippen LogP contribution is 2.40. The molecule has 1 aromatic rings. The van der Waals surface area contributed by atoms with Gasteiger partial charge >= 0.3 is 0 Å². The molecule has 1 aromatic heterocycles. The van der Waals surface area contributed by atoms with E-state index in [2.05, 4.69) is 21.8 Å². The van der Waals surface area contributed by atoms with Crippen molar-refractivity contribution in [3.63, 3.8) is 0 Å². The van der Waals surface area contributed by atoms with Crippen LogP contribution in [0.2, 0.25) is 0 Å². The van der Waals surface area contributed by atoms with E-state index in [1.807, 2.05) is 24.3 Å². The van der Waals surface area contributed by atoms with Gasteiger partial charge in [0.2, 0.25) is 0 Å². The van der Waals surface area contributed by atoms with Crippen LogP contribution < -0.4 is 5.32 Å². The predicted octanol–water partition coefficient (Wildman–Crippen LogP) is 2.33. The van der Waals surface area contributed by atoms with Crippen molar-refractivity contribution in [2.75, 3.05) is 6.54 Å². The van der Waals surface area contributed by atoms with E-state index >= 15 is 0 Å². The first kappa shape index (κ1) is 9.73. The van der Waals surface area contributed by atoms with Crippen LogP contribution in [0, 0.1) is 0 Å². The lowest BCUT2D eigenvalue weighted by Gasteiger charge is -2.28. The van der Waals surface area contributed by atoms with Crippen molar-refractivity contribution < 1.29 is 0 Å². The highest BCUT2D eigenvalue weighted by Gasteiger charge is 2.29. The standard InChI is InChI=1S/C11H17N3S/c1-8-4-5-13-11(15-8)10-6-12-7-14(10)9-2-3-9/h6-9,11,13H,2-5H2,1H3.